The van der Waals surface area contributed by atoms with Gasteiger partial charge in [-0.25, -0.2) is 18.1 Å². The van der Waals surface area contributed by atoms with Crippen LogP contribution in [0.5, 0.6) is 0 Å². The van der Waals surface area contributed by atoms with E-state index in [4.69, 9.17) is 11.6 Å². The Morgan fingerprint density at radius 2 is 1.83 bits per heavy atom. The molecule has 1 heterocycles. The highest BCUT2D eigenvalue weighted by Crippen LogP contribution is 2.31. The molecule has 0 aliphatic heterocycles. The van der Waals surface area contributed by atoms with E-state index < -0.39 is 15.9 Å². The van der Waals surface area contributed by atoms with Crippen LogP contribution in [0.2, 0.25) is 5.02 Å². The van der Waals surface area contributed by atoms with Gasteiger partial charge in [-0.1, -0.05) is 35.9 Å². The monoisotopic (exact) mass is 457 g/mol. The van der Waals surface area contributed by atoms with Crippen LogP contribution in [0.15, 0.2) is 71.6 Å². The average Bonchev–Trinajstić information content (AvgIpc) is 3.18. The molecule has 1 aromatic heterocycles. The molecule has 0 spiro atoms. The molecular weight excluding hydrogens is 442 g/mol. The molecule has 0 saturated carbocycles. The lowest BCUT2D eigenvalue weighted by Crippen LogP contribution is -2.20. The Morgan fingerprint density at radius 1 is 1.03 bits per heavy atom. The highest BCUT2D eigenvalue weighted by atomic mass is 35.5. The molecule has 0 saturated heterocycles. The second-order valence-corrected chi connectivity index (χ2v) is 9.70. The number of halogens is 1. The van der Waals surface area contributed by atoms with Crippen molar-refractivity contribution in [3.63, 3.8) is 0 Å². The summed E-state index contributed by atoms with van der Waals surface area (Å²) < 4.78 is 27.4. The van der Waals surface area contributed by atoms with Gasteiger partial charge in [-0.2, -0.15) is 0 Å². The minimum absolute atomic E-state index is 0.0391. The van der Waals surface area contributed by atoms with Gasteiger partial charge in [0.1, 0.15) is 5.01 Å². The number of hydrogen-bond donors (Lipinski definition) is 2. The Kier molecular flexibility index (Phi) is 5.57. The largest absolute Gasteiger partial charge is 0.322 e. The van der Waals surface area contributed by atoms with Crippen molar-refractivity contribution >= 4 is 54.8 Å². The summed E-state index contributed by atoms with van der Waals surface area (Å²) in [6, 6.07) is 19.2. The molecule has 30 heavy (non-hydrogen) atoms. The fourth-order valence-corrected chi connectivity index (χ4v) is 4.81. The third-order valence-electron chi connectivity index (χ3n) is 4.42. The van der Waals surface area contributed by atoms with Crippen LogP contribution in [-0.4, -0.2) is 26.4 Å². The summed E-state index contributed by atoms with van der Waals surface area (Å²) in [6.07, 6.45) is 0. The highest BCUT2D eigenvalue weighted by molar-refractivity contribution is 7.89. The van der Waals surface area contributed by atoms with Gasteiger partial charge >= 0.3 is 0 Å². The standard InChI is InChI=1S/C21H16ClN3O3S2/c1-23-30(27,28)15-9-10-17(22)16(12-15)20(26)24-14-6-4-5-13(11-14)21-25-18-7-2-3-8-19(18)29-21/h2-12,23H,1H3,(H,24,26). The number of rotatable bonds is 5. The quantitative estimate of drug-likeness (QED) is 0.451. The van der Waals surface area contributed by atoms with Crippen molar-refractivity contribution < 1.29 is 13.2 Å². The molecule has 0 radical (unpaired) electrons. The zero-order valence-electron chi connectivity index (χ0n) is 15.7. The molecule has 0 aliphatic rings. The number of hydrogen-bond acceptors (Lipinski definition) is 5. The van der Waals surface area contributed by atoms with Gasteiger partial charge in [0, 0.05) is 11.3 Å². The molecule has 1 amide bonds. The zero-order valence-corrected chi connectivity index (χ0v) is 18.1. The maximum atomic E-state index is 12.8. The van der Waals surface area contributed by atoms with Crippen LogP contribution in [0.1, 0.15) is 10.4 Å². The normalized spacial score (nSPS) is 11.5. The maximum Gasteiger partial charge on any atom is 0.257 e. The van der Waals surface area contributed by atoms with E-state index in [-0.39, 0.29) is 15.5 Å². The Bertz CT molecular complexity index is 1330. The molecule has 9 heteroatoms. The van der Waals surface area contributed by atoms with Gasteiger partial charge in [-0.05, 0) is 49.5 Å². The lowest BCUT2D eigenvalue weighted by atomic mass is 10.1. The lowest BCUT2D eigenvalue weighted by molar-refractivity contribution is 0.102. The van der Waals surface area contributed by atoms with Crippen molar-refractivity contribution in [2.24, 2.45) is 0 Å². The first-order valence-corrected chi connectivity index (χ1v) is 11.6. The summed E-state index contributed by atoms with van der Waals surface area (Å²) >= 11 is 7.70. The lowest BCUT2D eigenvalue weighted by Gasteiger charge is -2.10. The molecule has 2 N–H and O–H groups in total. The molecule has 3 aromatic carbocycles. The summed E-state index contributed by atoms with van der Waals surface area (Å²) in [5, 5.41) is 3.78. The molecule has 4 aromatic rings. The van der Waals surface area contributed by atoms with E-state index >= 15 is 0 Å². The van der Waals surface area contributed by atoms with Gasteiger partial charge < -0.3 is 5.32 Å². The maximum absolute atomic E-state index is 12.8. The van der Waals surface area contributed by atoms with Crippen molar-refractivity contribution in [1.82, 2.24) is 9.71 Å². The number of carbonyl (C=O) groups excluding carboxylic acids is 1. The topological polar surface area (TPSA) is 88.2 Å². The SMILES string of the molecule is CNS(=O)(=O)c1ccc(Cl)c(C(=O)Nc2cccc(-c3nc4ccccc4s3)c2)c1. The van der Waals surface area contributed by atoms with Crippen LogP contribution < -0.4 is 10.0 Å². The van der Waals surface area contributed by atoms with E-state index in [1.807, 2.05) is 42.5 Å². The Labute approximate surface area is 182 Å². The summed E-state index contributed by atoms with van der Waals surface area (Å²) in [6.45, 7) is 0. The second-order valence-electron chi connectivity index (χ2n) is 6.37. The van der Waals surface area contributed by atoms with Crippen molar-refractivity contribution in [2.45, 2.75) is 4.90 Å². The van der Waals surface area contributed by atoms with E-state index in [1.54, 1.807) is 17.4 Å². The highest BCUT2D eigenvalue weighted by Gasteiger charge is 2.18. The number of fused-ring (bicyclic) bond motifs is 1. The number of amides is 1. The number of anilines is 1. The van der Waals surface area contributed by atoms with Gasteiger partial charge in [0.25, 0.3) is 5.91 Å². The molecule has 0 fully saturated rings. The average molecular weight is 458 g/mol. The van der Waals surface area contributed by atoms with Crippen molar-refractivity contribution in [3.05, 3.63) is 77.3 Å². The smallest absolute Gasteiger partial charge is 0.257 e. The van der Waals surface area contributed by atoms with Crippen molar-refractivity contribution in [1.29, 1.82) is 0 Å². The van der Waals surface area contributed by atoms with Crippen LogP contribution in [0.4, 0.5) is 5.69 Å². The van der Waals surface area contributed by atoms with Crippen LogP contribution in [0.25, 0.3) is 20.8 Å². The second kappa shape index (κ2) is 8.16. The van der Waals surface area contributed by atoms with Crippen LogP contribution in [0, 0.1) is 0 Å². The molecule has 4 rings (SSSR count). The predicted octanol–water partition coefficient (Wildman–Crippen LogP) is 4.78. The number of benzene rings is 3. The molecular formula is C21H16ClN3O3S2. The number of carbonyl (C=O) groups is 1. The first-order chi connectivity index (χ1) is 14.4. The van der Waals surface area contributed by atoms with E-state index in [2.05, 4.69) is 15.0 Å². The molecule has 0 unspecified atom stereocenters. The van der Waals surface area contributed by atoms with Crippen molar-refractivity contribution in [2.75, 3.05) is 12.4 Å². The van der Waals surface area contributed by atoms with E-state index in [1.165, 1.54) is 25.2 Å². The summed E-state index contributed by atoms with van der Waals surface area (Å²) in [7, 11) is -2.39. The number of nitrogens with zero attached hydrogens (tertiary/aromatic N) is 1. The summed E-state index contributed by atoms with van der Waals surface area (Å²) in [5.41, 5.74) is 2.40. The number of nitrogens with one attached hydrogen (secondary N) is 2. The molecule has 0 atom stereocenters. The third kappa shape index (κ3) is 4.08. The van der Waals surface area contributed by atoms with Crippen LogP contribution in [-0.2, 0) is 10.0 Å². The van der Waals surface area contributed by atoms with Crippen molar-refractivity contribution in [3.8, 4) is 10.6 Å². The van der Waals surface area contributed by atoms with Crippen LogP contribution in [0.3, 0.4) is 0 Å². The molecule has 0 aliphatic carbocycles. The summed E-state index contributed by atoms with van der Waals surface area (Å²) in [4.78, 5) is 17.4. The predicted molar refractivity (Wildman–Crippen MR) is 121 cm³/mol. The van der Waals surface area contributed by atoms with Gasteiger partial charge in [-0.3, -0.25) is 4.79 Å². The number of para-hydroxylation sites is 1. The van der Waals surface area contributed by atoms with Gasteiger partial charge in [-0.15, -0.1) is 11.3 Å². The number of sulfonamides is 1. The third-order valence-corrected chi connectivity index (χ3v) is 7.25. The number of thiazole rings is 1. The van der Waals surface area contributed by atoms with E-state index in [9.17, 15) is 13.2 Å². The Morgan fingerprint density at radius 3 is 2.60 bits per heavy atom. The molecule has 152 valence electrons. The molecule has 6 nitrogen and oxygen atoms in total. The zero-order chi connectivity index (χ0) is 21.3. The fraction of sp³-hybridized carbons (Fsp3) is 0.0476. The minimum Gasteiger partial charge on any atom is -0.322 e. The Balaban J connectivity index is 1.63. The van der Waals surface area contributed by atoms with E-state index in [0.29, 0.717) is 5.69 Å². The summed E-state index contributed by atoms with van der Waals surface area (Å²) in [5.74, 6) is -0.505. The first-order valence-electron chi connectivity index (χ1n) is 8.88. The first kappa shape index (κ1) is 20.5. The van der Waals surface area contributed by atoms with Crippen LogP contribution >= 0.6 is 22.9 Å². The fourth-order valence-electron chi connectivity index (χ4n) is 2.89. The minimum atomic E-state index is -3.69. The van der Waals surface area contributed by atoms with E-state index in [0.717, 1.165) is 20.8 Å². The van der Waals surface area contributed by atoms with Gasteiger partial charge in [0.15, 0.2) is 0 Å². The van der Waals surface area contributed by atoms with Gasteiger partial charge in [0.05, 0.1) is 25.7 Å². The number of aromatic nitrogens is 1. The Hall–Kier alpha value is -2.78. The molecule has 0 bridgehead atoms. The van der Waals surface area contributed by atoms with Gasteiger partial charge in [0.2, 0.25) is 10.0 Å².